The third kappa shape index (κ3) is 3.12. The van der Waals surface area contributed by atoms with Crippen LogP contribution in [0.1, 0.15) is 13.3 Å². The molecule has 1 fully saturated rings. The summed E-state index contributed by atoms with van der Waals surface area (Å²) in [5, 5.41) is 12.0. The van der Waals surface area contributed by atoms with Gasteiger partial charge in [-0.2, -0.15) is 0 Å². The first-order valence-electron chi connectivity index (χ1n) is 4.93. The van der Waals surface area contributed by atoms with Gasteiger partial charge in [-0.25, -0.2) is 0 Å². The molecule has 1 heterocycles. The van der Waals surface area contributed by atoms with Gasteiger partial charge in [0.15, 0.2) is 0 Å². The summed E-state index contributed by atoms with van der Waals surface area (Å²) in [4.78, 5) is 12.8. The molecule has 0 bridgehead atoms. The fourth-order valence-corrected chi connectivity index (χ4v) is 1.82. The molecule has 0 amide bonds. The smallest absolute Gasteiger partial charge is 0.304 e. The Bertz CT molecular complexity index is 218. The molecule has 1 saturated heterocycles. The second kappa shape index (κ2) is 5.12. The number of nitrogens with zero attached hydrogens (tertiary/aromatic N) is 1. The van der Waals surface area contributed by atoms with Crippen LogP contribution >= 0.6 is 0 Å². The predicted molar refractivity (Wildman–Crippen MR) is 55.3 cm³/mol. The van der Waals surface area contributed by atoms with E-state index in [0.29, 0.717) is 6.04 Å². The van der Waals surface area contributed by atoms with Gasteiger partial charge in [-0.15, -0.1) is 6.58 Å². The lowest BCUT2D eigenvalue weighted by Crippen LogP contribution is -2.55. The first-order valence-corrected chi connectivity index (χ1v) is 4.93. The summed E-state index contributed by atoms with van der Waals surface area (Å²) in [6.45, 7) is 8.20. The fraction of sp³-hybridized carbons (Fsp3) is 0.700. The first-order chi connectivity index (χ1) is 6.63. The largest absolute Gasteiger partial charge is 0.481 e. The SMILES string of the molecule is C=CCN1CC(C)NCC1CC(=O)O. The van der Waals surface area contributed by atoms with E-state index in [4.69, 9.17) is 5.11 Å². The lowest BCUT2D eigenvalue weighted by Gasteiger charge is -2.38. The van der Waals surface area contributed by atoms with Gasteiger partial charge in [-0.3, -0.25) is 9.69 Å². The third-order valence-corrected chi connectivity index (χ3v) is 2.50. The maximum absolute atomic E-state index is 10.6. The van der Waals surface area contributed by atoms with Gasteiger partial charge in [0.05, 0.1) is 6.42 Å². The molecular formula is C10H18N2O2. The van der Waals surface area contributed by atoms with Crippen LogP contribution in [0.3, 0.4) is 0 Å². The maximum atomic E-state index is 10.6. The van der Waals surface area contributed by atoms with Crippen molar-refractivity contribution in [3.63, 3.8) is 0 Å². The van der Waals surface area contributed by atoms with Crippen molar-refractivity contribution in [3.8, 4) is 0 Å². The molecule has 14 heavy (non-hydrogen) atoms. The molecule has 0 aromatic carbocycles. The maximum Gasteiger partial charge on any atom is 0.304 e. The molecule has 4 heteroatoms. The van der Waals surface area contributed by atoms with E-state index in [2.05, 4.69) is 23.7 Å². The highest BCUT2D eigenvalue weighted by molar-refractivity contribution is 5.67. The number of aliphatic carboxylic acids is 1. The van der Waals surface area contributed by atoms with E-state index in [1.165, 1.54) is 0 Å². The van der Waals surface area contributed by atoms with Crippen molar-refractivity contribution in [2.75, 3.05) is 19.6 Å². The minimum Gasteiger partial charge on any atom is -0.481 e. The van der Waals surface area contributed by atoms with E-state index >= 15 is 0 Å². The Morgan fingerprint density at radius 3 is 3.07 bits per heavy atom. The molecular weight excluding hydrogens is 180 g/mol. The summed E-state index contributed by atoms with van der Waals surface area (Å²) in [5.74, 6) is -0.736. The highest BCUT2D eigenvalue weighted by atomic mass is 16.4. The van der Waals surface area contributed by atoms with Gasteiger partial charge in [0.2, 0.25) is 0 Å². The molecule has 80 valence electrons. The van der Waals surface area contributed by atoms with Gasteiger partial charge < -0.3 is 10.4 Å². The first kappa shape index (κ1) is 11.2. The average Bonchev–Trinajstić information content (AvgIpc) is 2.09. The Labute approximate surface area is 84.6 Å². The summed E-state index contributed by atoms with van der Waals surface area (Å²) in [7, 11) is 0. The number of piperazine rings is 1. The van der Waals surface area contributed by atoms with E-state index in [9.17, 15) is 4.79 Å². The number of carboxylic acid groups (broad SMARTS) is 1. The molecule has 1 aliphatic heterocycles. The zero-order valence-corrected chi connectivity index (χ0v) is 8.57. The number of carboxylic acids is 1. The standard InChI is InChI=1S/C10H18N2O2/c1-3-4-12-7-8(2)11-6-9(12)5-10(13)14/h3,8-9,11H,1,4-7H2,2H3,(H,13,14). The van der Waals surface area contributed by atoms with E-state index in [1.54, 1.807) is 0 Å². The van der Waals surface area contributed by atoms with E-state index in [1.807, 2.05) is 6.08 Å². The molecule has 4 nitrogen and oxygen atoms in total. The summed E-state index contributed by atoms with van der Waals surface area (Å²) in [5.41, 5.74) is 0. The molecule has 0 aliphatic carbocycles. The third-order valence-electron chi connectivity index (χ3n) is 2.50. The topological polar surface area (TPSA) is 52.6 Å². The molecule has 2 unspecified atom stereocenters. The van der Waals surface area contributed by atoms with Crippen LogP contribution < -0.4 is 5.32 Å². The lowest BCUT2D eigenvalue weighted by molar-refractivity contribution is -0.138. The molecule has 0 saturated carbocycles. The zero-order valence-electron chi connectivity index (χ0n) is 8.57. The number of hydrogen-bond donors (Lipinski definition) is 2. The summed E-state index contributed by atoms with van der Waals surface area (Å²) >= 11 is 0. The normalized spacial score (nSPS) is 28.6. The second-order valence-corrected chi connectivity index (χ2v) is 3.80. The van der Waals surface area contributed by atoms with E-state index in [0.717, 1.165) is 19.6 Å². The summed E-state index contributed by atoms with van der Waals surface area (Å²) < 4.78 is 0. The molecule has 0 aromatic rings. The van der Waals surface area contributed by atoms with Gasteiger partial charge in [0.25, 0.3) is 0 Å². The van der Waals surface area contributed by atoms with E-state index < -0.39 is 5.97 Å². The van der Waals surface area contributed by atoms with Crippen LogP contribution in [0.2, 0.25) is 0 Å². The number of rotatable bonds is 4. The Hall–Kier alpha value is -0.870. The highest BCUT2D eigenvalue weighted by Crippen LogP contribution is 2.10. The van der Waals surface area contributed by atoms with Crippen molar-refractivity contribution in [1.82, 2.24) is 10.2 Å². The molecule has 0 spiro atoms. The average molecular weight is 198 g/mol. The monoisotopic (exact) mass is 198 g/mol. The Morgan fingerprint density at radius 1 is 1.79 bits per heavy atom. The number of carbonyl (C=O) groups is 1. The van der Waals surface area contributed by atoms with Crippen LogP contribution in [0.4, 0.5) is 0 Å². The fourth-order valence-electron chi connectivity index (χ4n) is 1.82. The molecule has 1 aliphatic rings. The second-order valence-electron chi connectivity index (χ2n) is 3.80. The van der Waals surface area contributed by atoms with Crippen LogP contribution in [-0.4, -0.2) is 47.7 Å². The summed E-state index contributed by atoms with van der Waals surface area (Å²) in [6, 6.07) is 0.529. The predicted octanol–water partition coefficient (Wildman–Crippen LogP) is 0.309. The van der Waals surface area contributed by atoms with Crippen molar-refractivity contribution >= 4 is 5.97 Å². The van der Waals surface area contributed by atoms with Gasteiger partial charge in [-0.1, -0.05) is 6.08 Å². The van der Waals surface area contributed by atoms with E-state index in [-0.39, 0.29) is 12.5 Å². The van der Waals surface area contributed by atoms with Crippen LogP contribution in [0.5, 0.6) is 0 Å². The van der Waals surface area contributed by atoms with Gasteiger partial charge >= 0.3 is 5.97 Å². The van der Waals surface area contributed by atoms with Crippen molar-refractivity contribution in [3.05, 3.63) is 12.7 Å². The molecule has 0 aromatic heterocycles. The van der Waals surface area contributed by atoms with Crippen LogP contribution in [0, 0.1) is 0 Å². The molecule has 2 N–H and O–H groups in total. The quantitative estimate of drug-likeness (QED) is 0.638. The van der Waals surface area contributed by atoms with Gasteiger partial charge in [-0.05, 0) is 6.92 Å². The number of hydrogen-bond acceptors (Lipinski definition) is 3. The number of nitrogens with one attached hydrogen (secondary N) is 1. The molecule has 2 atom stereocenters. The minimum absolute atomic E-state index is 0.0988. The molecule has 0 radical (unpaired) electrons. The lowest BCUT2D eigenvalue weighted by atomic mass is 10.1. The summed E-state index contributed by atoms with van der Waals surface area (Å²) in [6.07, 6.45) is 2.03. The van der Waals surface area contributed by atoms with Crippen LogP contribution in [0.15, 0.2) is 12.7 Å². The Kier molecular flexibility index (Phi) is 4.10. The highest BCUT2D eigenvalue weighted by Gasteiger charge is 2.26. The Balaban J connectivity index is 2.52. The minimum atomic E-state index is -0.736. The zero-order chi connectivity index (χ0) is 10.6. The van der Waals surface area contributed by atoms with Gasteiger partial charge in [0.1, 0.15) is 0 Å². The van der Waals surface area contributed by atoms with Crippen molar-refractivity contribution in [2.24, 2.45) is 0 Å². The van der Waals surface area contributed by atoms with Crippen molar-refractivity contribution in [2.45, 2.75) is 25.4 Å². The Morgan fingerprint density at radius 2 is 2.50 bits per heavy atom. The van der Waals surface area contributed by atoms with Gasteiger partial charge in [0, 0.05) is 31.7 Å². The molecule has 1 rings (SSSR count). The van der Waals surface area contributed by atoms with Crippen LogP contribution in [0.25, 0.3) is 0 Å². The van der Waals surface area contributed by atoms with Crippen molar-refractivity contribution in [1.29, 1.82) is 0 Å². The van der Waals surface area contributed by atoms with Crippen molar-refractivity contribution < 1.29 is 9.90 Å². The van der Waals surface area contributed by atoms with Crippen LogP contribution in [-0.2, 0) is 4.79 Å².